The summed E-state index contributed by atoms with van der Waals surface area (Å²) >= 11 is 0. The molecule has 29 heavy (non-hydrogen) atoms. The molecular weight excluding hydrogens is 412 g/mol. The van der Waals surface area contributed by atoms with Gasteiger partial charge in [-0.3, -0.25) is 4.18 Å². The van der Waals surface area contributed by atoms with Crippen LogP contribution in [0.5, 0.6) is 0 Å². The van der Waals surface area contributed by atoms with Crippen LogP contribution in [0.4, 0.5) is 0 Å². The lowest BCUT2D eigenvalue weighted by atomic mass is 9.98. The maximum absolute atomic E-state index is 13.6. The third kappa shape index (κ3) is 3.83. The number of hydrogen-bond donors (Lipinski definition) is 1. The summed E-state index contributed by atoms with van der Waals surface area (Å²) in [6.45, 7) is 0.652. The average molecular weight is 435 g/mol. The Morgan fingerprint density at radius 2 is 1.72 bits per heavy atom. The van der Waals surface area contributed by atoms with Gasteiger partial charge in [-0.1, -0.05) is 36.4 Å². The Morgan fingerprint density at radius 1 is 1.03 bits per heavy atom. The van der Waals surface area contributed by atoms with E-state index < -0.39 is 20.1 Å². The highest BCUT2D eigenvalue weighted by Gasteiger charge is 2.32. The number of rotatable bonds is 6. The summed E-state index contributed by atoms with van der Waals surface area (Å²) in [6, 6.07) is 15.4. The molecule has 0 saturated carbocycles. The normalized spacial score (nSPS) is 17.3. The van der Waals surface area contributed by atoms with Gasteiger partial charge in [-0.05, 0) is 43.1 Å². The van der Waals surface area contributed by atoms with Gasteiger partial charge in [0.25, 0.3) is 20.1 Å². The summed E-state index contributed by atoms with van der Waals surface area (Å²) < 4.78 is 56.1. The minimum atomic E-state index is -3.83. The van der Waals surface area contributed by atoms with E-state index in [4.69, 9.17) is 4.18 Å². The van der Waals surface area contributed by atoms with Crippen LogP contribution in [0.3, 0.4) is 0 Å². The lowest BCUT2D eigenvalue weighted by molar-refractivity contribution is 0.287. The summed E-state index contributed by atoms with van der Waals surface area (Å²) in [7, 11) is -7.39. The quantitative estimate of drug-likeness (QED) is 0.599. The van der Waals surface area contributed by atoms with Crippen LogP contribution >= 0.6 is 0 Å². The number of para-hydroxylation sites is 1. The van der Waals surface area contributed by atoms with Gasteiger partial charge >= 0.3 is 0 Å². The van der Waals surface area contributed by atoms with Gasteiger partial charge < -0.3 is 5.32 Å². The maximum atomic E-state index is 13.6. The Balaban J connectivity index is 1.88. The van der Waals surface area contributed by atoms with Crippen molar-refractivity contribution in [2.75, 3.05) is 19.4 Å². The maximum Gasteiger partial charge on any atom is 0.268 e. The van der Waals surface area contributed by atoms with E-state index in [1.807, 2.05) is 18.2 Å². The smallest absolute Gasteiger partial charge is 0.268 e. The first-order chi connectivity index (χ1) is 13.8. The lowest BCUT2D eigenvalue weighted by Gasteiger charge is -2.26. The van der Waals surface area contributed by atoms with E-state index in [2.05, 4.69) is 5.32 Å². The topological polar surface area (TPSA) is 94.5 Å². The summed E-state index contributed by atoms with van der Waals surface area (Å²) in [6.07, 6.45) is 2.03. The number of aromatic nitrogens is 1. The van der Waals surface area contributed by atoms with Crippen molar-refractivity contribution in [2.45, 2.75) is 23.8 Å². The van der Waals surface area contributed by atoms with Gasteiger partial charge in [0.2, 0.25) is 0 Å². The molecule has 1 N–H and O–H groups in total. The molecule has 0 radical (unpaired) electrons. The zero-order chi connectivity index (χ0) is 20.6. The molecule has 2 aromatic carbocycles. The van der Waals surface area contributed by atoms with Crippen molar-refractivity contribution in [3.05, 3.63) is 65.9 Å². The number of hydrogen-bond acceptors (Lipinski definition) is 6. The molecule has 3 aromatic rings. The van der Waals surface area contributed by atoms with Gasteiger partial charge in [-0.15, -0.1) is 0 Å². The van der Waals surface area contributed by atoms with Crippen LogP contribution in [0.2, 0.25) is 0 Å². The van der Waals surface area contributed by atoms with Gasteiger partial charge in [0.15, 0.2) is 0 Å². The molecular formula is C20H22N2O5S2. The van der Waals surface area contributed by atoms with Crippen molar-refractivity contribution in [1.82, 2.24) is 9.29 Å². The first-order valence-corrected chi connectivity index (χ1v) is 12.6. The van der Waals surface area contributed by atoms with E-state index in [-0.39, 0.29) is 17.5 Å². The predicted octanol–water partition coefficient (Wildman–Crippen LogP) is 2.43. The van der Waals surface area contributed by atoms with E-state index in [9.17, 15) is 16.8 Å². The fraction of sp³-hybridized carbons (Fsp3) is 0.300. The number of nitrogens with zero attached hydrogens (tertiary/aromatic N) is 1. The summed E-state index contributed by atoms with van der Waals surface area (Å²) in [5.74, 6) is 0. The van der Waals surface area contributed by atoms with E-state index in [1.54, 1.807) is 36.4 Å². The molecule has 1 unspecified atom stereocenters. The van der Waals surface area contributed by atoms with E-state index in [0.717, 1.165) is 17.2 Å². The summed E-state index contributed by atoms with van der Waals surface area (Å²) in [4.78, 5) is 0.209. The third-order valence-electron chi connectivity index (χ3n) is 5.06. The molecule has 1 aliphatic rings. The monoisotopic (exact) mass is 434 g/mol. The molecule has 2 heterocycles. The first-order valence-electron chi connectivity index (χ1n) is 9.29. The largest absolute Gasteiger partial charge is 0.308 e. The van der Waals surface area contributed by atoms with E-state index in [0.29, 0.717) is 30.6 Å². The van der Waals surface area contributed by atoms with E-state index >= 15 is 0 Å². The molecule has 4 rings (SSSR count). The molecule has 7 nitrogen and oxygen atoms in total. The summed E-state index contributed by atoms with van der Waals surface area (Å²) in [5, 5.41) is 4.23. The van der Waals surface area contributed by atoms with Crippen LogP contribution in [0.25, 0.3) is 10.9 Å². The third-order valence-corrected chi connectivity index (χ3v) is 7.39. The number of nitrogens with one attached hydrogen (secondary N) is 1. The standard InChI is InChI=1S/C20H22N2O5S2/c1-28(23,24)27-14-12-18-20-17(11-13-21-18)16-9-5-6-10-19(16)22(20)29(25,26)15-7-3-2-4-8-15/h2-10,18,21H,11-14H2,1H3. The second kappa shape index (κ2) is 7.56. The van der Waals surface area contributed by atoms with Crippen LogP contribution in [0.15, 0.2) is 59.5 Å². The fourth-order valence-corrected chi connectivity index (χ4v) is 5.92. The Kier molecular flexibility index (Phi) is 5.24. The zero-order valence-corrected chi connectivity index (χ0v) is 17.5. The Hall–Kier alpha value is -2.20. The zero-order valence-electron chi connectivity index (χ0n) is 15.9. The highest BCUT2D eigenvalue weighted by atomic mass is 32.2. The van der Waals surface area contributed by atoms with E-state index in [1.165, 1.54) is 3.97 Å². The van der Waals surface area contributed by atoms with Crippen molar-refractivity contribution in [1.29, 1.82) is 0 Å². The Bertz CT molecular complexity index is 1250. The van der Waals surface area contributed by atoms with Crippen molar-refractivity contribution in [3.63, 3.8) is 0 Å². The van der Waals surface area contributed by atoms with Crippen LogP contribution in [0, 0.1) is 0 Å². The number of benzene rings is 2. The Morgan fingerprint density at radius 3 is 2.45 bits per heavy atom. The lowest BCUT2D eigenvalue weighted by Crippen LogP contribution is -2.33. The molecule has 9 heteroatoms. The molecule has 0 spiro atoms. The molecule has 0 saturated heterocycles. The molecule has 0 fully saturated rings. The van der Waals surface area contributed by atoms with Gasteiger partial charge in [-0.2, -0.15) is 8.42 Å². The van der Waals surface area contributed by atoms with Crippen LogP contribution in [-0.2, 0) is 30.7 Å². The first kappa shape index (κ1) is 20.1. The fourth-order valence-electron chi connectivity index (χ4n) is 3.89. The molecule has 0 amide bonds. The van der Waals surface area contributed by atoms with Crippen molar-refractivity contribution in [3.8, 4) is 0 Å². The van der Waals surface area contributed by atoms with Crippen LogP contribution in [0.1, 0.15) is 23.7 Å². The van der Waals surface area contributed by atoms with Gasteiger partial charge in [-0.25, -0.2) is 12.4 Å². The van der Waals surface area contributed by atoms with Crippen LogP contribution < -0.4 is 5.32 Å². The Labute approximate surface area is 170 Å². The molecule has 1 atom stereocenters. The highest BCUT2D eigenvalue weighted by molar-refractivity contribution is 7.90. The van der Waals surface area contributed by atoms with Gasteiger partial charge in [0, 0.05) is 5.39 Å². The molecule has 1 aliphatic heterocycles. The molecule has 1 aromatic heterocycles. The second-order valence-corrected chi connectivity index (χ2v) is 10.5. The van der Waals surface area contributed by atoms with Crippen molar-refractivity contribution >= 4 is 31.0 Å². The van der Waals surface area contributed by atoms with Crippen molar-refractivity contribution < 1.29 is 21.0 Å². The highest BCUT2D eigenvalue weighted by Crippen LogP contribution is 2.37. The van der Waals surface area contributed by atoms with Gasteiger partial charge in [0.05, 0.1) is 35.0 Å². The molecule has 0 bridgehead atoms. The predicted molar refractivity (Wildman–Crippen MR) is 111 cm³/mol. The minimum Gasteiger partial charge on any atom is -0.308 e. The number of fused-ring (bicyclic) bond motifs is 3. The van der Waals surface area contributed by atoms with Gasteiger partial charge in [0.1, 0.15) is 0 Å². The average Bonchev–Trinajstić information content (AvgIpc) is 3.04. The summed E-state index contributed by atoms with van der Waals surface area (Å²) in [5.41, 5.74) is 2.25. The van der Waals surface area contributed by atoms with Crippen molar-refractivity contribution in [2.24, 2.45) is 0 Å². The SMILES string of the molecule is CS(=O)(=O)OCCC1NCCc2c1n(S(=O)(=O)c1ccccc1)c1ccccc21. The molecule has 0 aliphatic carbocycles. The second-order valence-electron chi connectivity index (χ2n) is 7.03. The molecule has 154 valence electrons. The van der Waals surface area contributed by atoms with Crippen LogP contribution in [-0.4, -0.2) is 40.2 Å². The minimum absolute atomic E-state index is 0.0250.